The minimum Gasteiger partial charge on any atom is -0.378 e. The molecule has 1 saturated heterocycles. The molecule has 1 atom stereocenters. The van der Waals surface area contributed by atoms with Crippen LogP contribution in [0.15, 0.2) is 6.07 Å². The summed E-state index contributed by atoms with van der Waals surface area (Å²) in [4.78, 5) is 8.86. The summed E-state index contributed by atoms with van der Waals surface area (Å²) < 4.78 is 5.68. The van der Waals surface area contributed by atoms with Gasteiger partial charge in [-0.25, -0.2) is 9.97 Å². The molecule has 0 aromatic carbocycles. The molecule has 2 N–H and O–H groups in total. The minimum absolute atomic E-state index is 0.293. The number of rotatable bonds is 3. The molecule has 16 heavy (non-hydrogen) atoms. The Morgan fingerprint density at radius 3 is 3.00 bits per heavy atom. The van der Waals surface area contributed by atoms with Gasteiger partial charge in [0.1, 0.15) is 5.82 Å². The van der Waals surface area contributed by atoms with Gasteiger partial charge in [0.05, 0.1) is 11.8 Å². The average molecular weight is 221 g/mol. The third kappa shape index (κ3) is 3.00. The number of nitrogens with zero attached hydrogens (tertiary/aromatic N) is 2. The Bertz CT molecular complexity index is 348. The summed E-state index contributed by atoms with van der Waals surface area (Å²) >= 11 is 0. The Labute approximate surface area is 96.2 Å². The SMILES string of the molecule is Cc1cc(CN)nc(CC2CCCCO2)n1. The first-order valence-corrected chi connectivity index (χ1v) is 5.93. The molecule has 0 amide bonds. The summed E-state index contributed by atoms with van der Waals surface area (Å²) in [7, 11) is 0. The van der Waals surface area contributed by atoms with E-state index in [0.29, 0.717) is 12.6 Å². The monoisotopic (exact) mass is 221 g/mol. The zero-order valence-corrected chi connectivity index (χ0v) is 9.78. The largest absolute Gasteiger partial charge is 0.378 e. The second-order valence-corrected chi connectivity index (χ2v) is 4.31. The van der Waals surface area contributed by atoms with Crippen LogP contribution in [-0.4, -0.2) is 22.7 Å². The van der Waals surface area contributed by atoms with Crippen LogP contribution in [0.3, 0.4) is 0 Å². The van der Waals surface area contributed by atoms with Crippen LogP contribution in [0.4, 0.5) is 0 Å². The van der Waals surface area contributed by atoms with Crippen LogP contribution in [0.5, 0.6) is 0 Å². The van der Waals surface area contributed by atoms with Crippen LogP contribution in [0.25, 0.3) is 0 Å². The fourth-order valence-corrected chi connectivity index (χ4v) is 2.07. The zero-order chi connectivity index (χ0) is 11.4. The first kappa shape index (κ1) is 11.5. The smallest absolute Gasteiger partial charge is 0.131 e. The number of aromatic nitrogens is 2. The first-order chi connectivity index (χ1) is 7.78. The van der Waals surface area contributed by atoms with E-state index in [2.05, 4.69) is 9.97 Å². The number of hydrogen-bond acceptors (Lipinski definition) is 4. The number of nitrogens with two attached hydrogens (primary N) is 1. The van der Waals surface area contributed by atoms with E-state index in [1.807, 2.05) is 13.0 Å². The van der Waals surface area contributed by atoms with Crippen molar-refractivity contribution in [2.24, 2.45) is 5.73 Å². The topological polar surface area (TPSA) is 61.0 Å². The Morgan fingerprint density at radius 2 is 2.31 bits per heavy atom. The lowest BCUT2D eigenvalue weighted by Gasteiger charge is -2.22. The van der Waals surface area contributed by atoms with Crippen molar-refractivity contribution < 1.29 is 4.74 Å². The highest BCUT2D eigenvalue weighted by molar-refractivity contribution is 5.10. The first-order valence-electron chi connectivity index (χ1n) is 5.93. The van der Waals surface area contributed by atoms with E-state index in [1.165, 1.54) is 12.8 Å². The van der Waals surface area contributed by atoms with E-state index in [4.69, 9.17) is 10.5 Å². The van der Waals surface area contributed by atoms with Gasteiger partial charge in [0.25, 0.3) is 0 Å². The van der Waals surface area contributed by atoms with E-state index >= 15 is 0 Å². The van der Waals surface area contributed by atoms with Crippen LogP contribution in [-0.2, 0) is 17.7 Å². The molecular formula is C12H19N3O. The Morgan fingerprint density at radius 1 is 1.44 bits per heavy atom. The normalized spacial score (nSPS) is 21.0. The van der Waals surface area contributed by atoms with E-state index in [0.717, 1.165) is 36.7 Å². The van der Waals surface area contributed by atoms with Gasteiger partial charge in [-0.1, -0.05) is 0 Å². The van der Waals surface area contributed by atoms with Gasteiger partial charge in [-0.3, -0.25) is 0 Å². The molecule has 0 saturated carbocycles. The highest BCUT2D eigenvalue weighted by Gasteiger charge is 2.16. The maximum atomic E-state index is 5.68. The molecule has 88 valence electrons. The molecule has 1 unspecified atom stereocenters. The molecule has 0 aliphatic carbocycles. The third-order valence-corrected chi connectivity index (χ3v) is 2.85. The molecule has 4 nitrogen and oxygen atoms in total. The summed E-state index contributed by atoms with van der Waals surface area (Å²) in [6.07, 6.45) is 4.66. The zero-order valence-electron chi connectivity index (χ0n) is 9.78. The maximum Gasteiger partial charge on any atom is 0.131 e. The van der Waals surface area contributed by atoms with E-state index in [1.54, 1.807) is 0 Å². The molecule has 1 aliphatic heterocycles. The quantitative estimate of drug-likeness (QED) is 0.837. The molecule has 2 rings (SSSR count). The summed E-state index contributed by atoms with van der Waals surface area (Å²) in [6.45, 7) is 3.33. The van der Waals surface area contributed by atoms with Crippen molar-refractivity contribution in [2.75, 3.05) is 6.61 Å². The van der Waals surface area contributed by atoms with Crippen molar-refractivity contribution in [1.29, 1.82) is 0 Å². The second-order valence-electron chi connectivity index (χ2n) is 4.31. The van der Waals surface area contributed by atoms with Gasteiger partial charge in [-0.2, -0.15) is 0 Å². The van der Waals surface area contributed by atoms with Crippen molar-refractivity contribution in [3.8, 4) is 0 Å². The lowest BCUT2D eigenvalue weighted by atomic mass is 10.1. The van der Waals surface area contributed by atoms with Gasteiger partial charge in [-0.15, -0.1) is 0 Å². The van der Waals surface area contributed by atoms with Crippen LogP contribution in [0.2, 0.25) is 0 Å². The molecule has 1 aromatic rings. The van der Waals surface area contributed by atoms with Crippen molar-refractivity contribution in [3.63, 3.8) is 0 Å². The van der Waals surface area contributed by atoms with Gasteiger partial charge >= 0.3 is 0 Å². The lowest BCUT2D eigenvalue weighted by Crippen LogP contribution is -2.23. The molecule has 0 spiro atoms. The van der Waals surface area contributed by atoms with Crippen LogP contribution in [0, 0.1) is 6.92 Å². The molecule has 0 bridgehead atoms. The fourth-order valence-electron chi connectivity index (χ4n) is 2.07. The number of aryl methyl sites for hydroxylation is 1. The van der Waals surface area contributed by atoms with Gasteiger partial charge in [-0.05, 0) is 32.3 Å². The predicted octanol–water partition coefficient (Wildman–Crippen LogP) is 1.36. The van der Waals surface area contributed by atoms with E-state index in [9.17, 15) is 0 Å². The summed E-state index contributed by atoms with van der Waals surface area (Å²) in [6, 6.07) is 1.94. The van der Waals surface area contributed by atoms with Crippen molar-refractivity contribution in [1.82, 2.24) is 9.97 Å². The molecule has 2 heterocycles. The van der Waals surface area contributed by atoms with Crippen LogP contribution in [0.1, 0.15) is 36.5 Å². The lowest BCUT2D eigenvalue weighted by molar-refractivity contribution is 0.0156. The van der Waals surface area contributed by atoms with Crippen molar-refractivity contribution >= 4 is 0 Å². The van der Waals surface area contributed by atoms with E-state index < -0.39 is 0 Å². The van der Waals surface area contributed by atoms with Crippen LogP contribution < -0.4 is 5.73 Å². The summed E-state index contributed by atoms with van der Waals surface area (Å²) in [5, 5.41) is 0. The standard InChI is InChI=1S/C12H19N3O/c1-9-6-10(8-13)15-12(14-9)7-11-4-2-3-5-16-11/h6,11H,2-5,7-8,13H2,1H3. The number of ether oxygens (including phenoxy) is 1. The van der Waals surface area contributed by atoms with Gasteiger partial charge < -0.3 is 10.5 Å². The van der Waals surface area contributed by atoms with E-state index in [-0.39, 0.29) is 0 Å². The molecule has 4 heteroatoms. The Hall–Kier alpha value is -1.00. The van der Waals surface area contributed by atoms with Crippen molar-refractivity contribution in [3.05, 3.63) is 23.3 Å². The molecular weight excluding hydrogens is 202 g/mol. The minimum atomic E-state index is 0.293. The second kappa shape index (κ2) is 5.37. The Kier molecular flexibility index (Phi) is 3.85. The fraction of sp³-hybridized carbons (Fsp3) is 0.667. The third-order valence-electron chi connectivity index (χ3n) is 2.85. The average Bonchev–Trinajstić information content (AvgIpc) is 2.29. The number of hydrogen-bond donors (Lipinski definition) is 1. The van der Waals surface area contributed by atoms with Crippen molar-refractivity contribution in [2.45, 2.75) is 45.3 Å². The highest BCUT2D eigenvalue weighted by Crippen LogP contribution is 2.16. The molecule has 1 fully saturated rings. The maximum absolute atomic E-state index is 5.68. The predicted molar refractivity (Wildman–Crippen MR) is 62.0 cm³/mol. The molecule has 1 aliphatic rings. The molecule has 0 radical (unpaired) electrons. The van der Waals surface area contributed by atoms with Crippen LogP contribution >= 0.6 is 0 Å². The Balaban J connectivity index is 2.04. The molecule has 1 aromatic heterocycles. The van der Waals surface area contributed by atoms with Gasteiger partial charge in [0.2, 0.25) is 0 Å². The summed E-state index contributed by atoms with van der Waals surface area (Å²) in [5.74, 6) is 0.868. The summed E-state index contributed by atoms with van der Waals surface area (Å²) in [5.41, 5.74) is 7.50. The van der Waals surface area contributed by atoms with Gasteiger partial charge in [0.15, 0.2) is 0 Å². The highest BCUT2D eigenvalue weighted by atomic mass is 16.5. The van der Waals surface area contributed by atoms with Gasteiger partial charge in [0, 0.05) is 25.3 Å².